The van der Waals surface area contributed by atoms with Crippen molar-refractivity contribution in [3.63, 3.8) is 0 Å². The lowest BCUT2D eigenvalue weighted by molar-refractivity contribution is -0.137. The molecule has 1 aliphatic heterocycles. The molecule has 1 aromatic heterocycles. The highest BCUT2D eigenvalue weighted by Gasteiger charge is 2.26. The summed E-state index contributed by atoms with van der Waals surface area (Å²) in [5.41, 5.74) is 5.20. The minimum absolute atomic E-state index is 0.0826. The maximum Gasteiger partial charge on any atom is 0.304 e. The Labute approximate surface area is 221 Å². The summed E-state index contributed by atoms with van der Waals surface area (Å²) >= 11 is 0. The van der Waals surface area contributed by atoms with Gasteiger partial charge in [-0.05, 0) is 54.7 Å². The second-order valence-electron chi connectivity index (χ2n) is 10.0. The number of rotatable bonds is 8. The summed E-state index contributed by atoms with van der Waals surface area (Å²) in [4.78, 5) is 14.3. The number of ether oxygens (including phenoxy) is 1. The van der Waals surface area contributed by atoms with Gasteiger partial charge in [0, 0.05) is 37.7 Å². The van der Waals surface area contributed by atoms with Crippen LogP contribution in [0.1, 0.15) is 60.4 Å². The summed E-state index contributed by atoms with van der Waals surface area (Å²) in [6, 6.07) is 17.5. The van der Waals surface area contributed by atoms with Crippen LogP contribution >= 0.6 is 0 Å². The highest BCUT2D eigenvalue weighted by Crippen LogP contribution is 2.34. The first kappa shape index (κ1) is 25.9. The Bertz CT molecular complexity index is 1470. The number of halogens is 1. The number of fused-ring (bicyclic) bond motifs is 2. The Morgan fingerprint density at radius 3 is 2.76 bits per heavy atom. The van der Waals surface area contributed by atoms with Gasteiger partial charge in [0.05, 0.1) is 11.9 Å². The van der Waals surface area contributed by atoms with Gasteiger partial charge >= 0.3 is 5.97 Å². The number of nitrogens with zero attached hydrogens (tertiary/aromatic N) is 4. The second-order valence-corrected chi connectivity index (χ2v) is 10.0. The van der Waals surface area contributed by atoms with Crippen molar-refractivity contribution in [3.05, 3.63) is 88.2 Å². The number of benzene rings is 3. The average Bonchev–Trinajstić information content (AvgIpc) is 3.24. The number of carboxylic acids is 1. The Hall–Kier alpha value is -3.78. The van der Waals surface area contributed by atoms with Gasteiger partial charge in [0.15, 0.2) is 5.82 Å². The van der Waals surface area contributed by atoms with Crippen LogP contribution < -0.4 is 4.74 Å². The smallest absolute Gasteiger partial charge is 0.304 e. The molecule has 8 heteroatoms. The molecule has 2 atom stereocenters. The molecule has 0 saturated carbocycles. The van der Waals surface area contributed by atoms with Crippen LogP contribution in [0.2, 0.25) is 0 Å². The number of carbonyl (C=O) groups is 1. The lowest BCUT2D eigenvalue weighted by atomic mass is 9.86. The zero-order valence-corrected chi connectivity index (χ0v) is 22.0. The van der Waals surface area contributed by atoms with Gasteiger partial charge in [-0.15, -0.1) is 5.10 Å². The van der Waals surface area contributed by atoms with Gasteiger partial charge in [-0.2, -0.15) is 0 Å². The van der Waals surface area contributed by atoms with Crippen molar-refractivity contribution in [1.29, 1.82) is 0 Å². The molecular formula is C30H33FN4O3. The Balaban J connectivity index is 1.50. The molecule has 4 aromatic rings. The molecule has 2 unspecified atom stereocenters. The number of carboxylic acid groups (broad SMARTS) is 1. The average molecular weight is 517 g/mol. The van der Waals surface area contributed by atoms with E-state index in [2.05, 4.69) is 35.1 Å². The summed E-state index contributed by atoms with van der Waals surface area (Å²) in [5.74, 6) is -1.22. The van der Waals surface area contributed by atoms with E-state index in [-0.39, 0.29) is 18.0 Å². The molecule has 1 aliphatic rings. The van der Waals surface area contributed by atoms with E-state index in [1.807, 2.05) is 43.3 Å². The first-order valence-electron chi connectivity index (χ1n) is 13.2. The van der Waals surface area contributed by atoms with Gasteiger partial charge in [-0.25, -0.2) is 9.07 Å². The highest BCUT2D eigenvalue weighted by atomic mass is 19.1. The minimum Gasteiger partial charge on any atom is -0.489 e. The molecule has 5 rings (SSSR count). The number of aryl methyl sites for hydroxylation is 2. The van der Waals surface area contributed by atoms with E-state index in [1.165, 1.54) is 0 Å². The molecule has 3 aromatic carbocycles. The monoisotopic (exact) mass is 516 g/mol. The minimum atomic E-state index is -0.985. The van der Waals surface area contributed by atoms with E-state index >= 15 is 4.39 Å². The van der Waals surface area contributed by atoms with Crippen molar-refractivity contribution in [2.45, 2.75) is 65.3 Å². The van der Waals surface area contributed by atoms with Crippen molar-refractivity contribution >= 4 is 17.0 Å². The molecule has 198 valence electrons. The zero-order valence-electron chi connectivity index (χ0n) is 22.0. The highest BCUT2D eigenvalue weighted by molar-refractivity contribution is 5.77. The molecule has 0 spiro atoms. The molecule has 7 nitrogen and oxygen atoms in total. The van der Waals surface area contributed by atoms with Crippen molar-refractivity contribution in [2.75, 3.05) is 6.54 Å². The predicted octanol–water partition coefficient (Wildman–Crippen LogP) is 5.68. The largest absolute Gasteiger partial charge is 0.489 e. The Morgan fingerprint density at radius 1 is 1.18 bits per heavy atom. The van der Waals surface area contributed by atoms with E-state index in [1.54, 1.807) is 16.8 Å². The first-order valence-corrected chi connectivity index (χ1v) is 13.2. The van der Waals surface area contributed by atoms with E-state index < -0.39 is 17.7 Å². The van der Waals surface area contributed by atoms with Gasteiger partial charge < -0.3 is 9.84 Å². The van der Waals surface area contributed by atoms with Crippen molar-refractivity contribution < 1.29 is 19.0 Å². The molecule has 0 amide bonds. The van der Waals surface area contributed by atoms with Gasteiger partial charge in [0.2, 0.25) is 0 Å². The maximum absolute atomic E-state index is 15.7. The van der Waals surface area contributed by atoms with Gasteiger partial charge in [0.25, 0.3) is 0 Å². The fourth-order valence-electron chi connectivity index (χ4n) is 5.32. The molecule has 0 aliphatic carbocycles. The number of aliphatic carboxylic acids is 1. The molecule has 0 saturated heterocycles. The molecule has 0 radical (unpaired) electrons. The lowest BCUT2D eigenvalue weighted by Gasteiger charge is -2.25. The fourth-order valence-corrected chi connectivity index (χ4v) is 5.32. The standard InChI is InChI=1S/C30H33FN4O3/c1-4-23-18-34(16-21-8-6-7-9-27(21)38-23)17-22-14-20(11-10-19(22)3)25(15-28(36)37)24-12-13-26-30(29(24)31)32-33-35(26)5-2/h6-14,23,25H,4-5,15-18H2,1-3H3,(H,36,37). The van der Waals surface area contributed by atoms with Crippen LogP contribution in [0.25, 0.3) is 11.0 Å². The summed E-state index contributed by atoms with van der Waals surface area (Å²) in [6.07, 6.45) is 0.754. The predicted molar refractivity (Wildman–Crippen MR) is 144 cm³/mol. The summed E-state index contributed by atoms with van der Waals surface area (Å²) < 4.78 is 23.6. The quantitative estimate of drug-likeness (QED) is 0.325. The first-order chi connectivity index (χ1) is 18.4. The topological polar surface area (TPSA) is 80.5 Å². The summed E-state index contributed by atoms with van der Waals surface area (Å²) in [6.45, 7) is 8.89. The third-order valence-corrected chi connectivity index (χ3v) is 7.46. The van der Waals surface area contributed by atoms with Crippen molar-refractivity contribution in [2.24, 2.45) is 0 Å². The zero-order chi connectivity index (χ0) is 26.8. The molecular weight excluding hydrogens is 483 g/mol. The number of aromatic nitrogens is 3. The normalized spacial score (nSPS) is 16.6. The summed E-state index contributed by atoms with van der Waals surface area (Å²) in [5, 5.41) is 17.8. The molecule has 38 heavy (non-hydrogen) atoms. The van der Waals surface area contributed by atoms with Gasteiger partial charge in [-0.3, -0.25) is 9.69 Å². The second kappa shape index (κ2) is 10.9. The Morgan fingerprint density at radius 2 is 2.00 bits per heavy atom. The van der Waals surface area contributed by atoms with Crippen molar-refractivity contribution in [3.8, 4) is 5.75 Å². The number of hydrogen-bond acceptors (Lipinski definition) is 5. The van der Waals surface area contributed by atoms with E-state index in [4.69, 9.17) is 4.74 Å². The van der Waals surface area contributed by atoms with E-state index in [0.717, 1.165) is 47.5 Å². The summed E-state index contributed by atoms with van der Waals surface area (Å²) in [7, 11) is 0. The van der Waals surface area contributed by atoms with Crippen LogP contribution in [0.15, 0.2) is 54.6 Å². The molecule has 0 fully saturated rings. The molecule has 1 N–H and O–H groups in total. The number of hydrogen-bond donors (Lipinski definition) is 1. The fraction of sp³-hybridized carbons (Fsp3) is 0.367. The van der Waals surface area contributed by atoms with Gasteiger partial charge in [-0.1, -0.05) is 54.6 Å². The van der Waals surface area contributed by atoms with E-state index in [0.29, 0.717) is 24.2 Å². The van der Waals surface area contributed by atoms with Crippen LogP contribution in [-0.2, 0) is 24.4 Å². The molecule has 0 bridgehead atoms. The van der Waals surface area contributed by atoms with Crippen LogP contribution in [0.5, 0.6) is 5.75 Å². The van der Waals surface area contributed by atoms with Crippen LogP contribution in [0.4, 0.5) is 4.39 Å². The maximum atomic E-state index is 15.7. The van der Waals surface area contributed by atoms with Crippen LogP contribution in [-0.4, -0.2) is 43.6 Å². The third kappa shape index (κ3) is 5.13. The van der Waals surface area contributed by atoms with Crippen LogP contribution in [0.3, 0.4) is 0 Å². The van der Waals surface area contributed by atoms with E-state index in [9.17, 15) is 9.90 Å². The van der Waals surface area contributed by atoms with Gasteiger partial charge in [0.1, 0.15) is 17.4 Å². The lowest BCUT2D eigenvalue weighted by Crippen LogP contribution is -2.32. The third-order valence-electron chi connectivity index (χ3n) is 7.46. The SMILES string of the molecule is CCC1CN(Cc2cc(C(CC(=O)O)c3ccc4c(nnn4CC)c3F)ccc2C)Cc2ccccc2O1. The van der Waals surface area contributed by atoms with Crippen LogP contribution in [0, 0.1) is 12.7 Å². The van der Waals surface area contributed by atoms with Crippen molar-refractivity contribution in [1.82, 2.24) is 19.9 Å². The Kier molecular flexibility index (Phi) is 7.42. The number of para-hydroxylation sites is 1. The molecule has 2 heterocycles.